The van der Waals surface area contributed by atoms with E-state index < -0.39 is 5.97 Å². The van der Waals surface area contributed by atoms with Gasteiger partial charge in [-0.1, -0.05) is 11.6 Å². The van der Waals surface area contributed by atoms with Gasteiger partial charge in [0.25, 0.3) is 0 Å². The summed E-state index contributed by atoms with van der Waals surface area (Å²) in [5.74, 6) is -0.824. The number of aryl methyl sites for hydroxylation is 2. The van der Waals surface area contributed by atoms with Crippen molar-refractivity contribution in [2.45, 2.75) is 45.6 Å². The Labute approximate surface area is 114 Å². The molecule has 1 aromatic carbocycles. The predicted molar refractivity (Wildman–Crippen MR) is 77.5 cm³/mol. The van der Waals surface area contributed by atoms with E-state index in [0.717, 1.165) is 31.3 Å². The van der Waals surface area contributed by atoms with Crippen LogP contribution in [0, 0.1) is 13.8 Å². The maximum atomic E-state index is 10.6. The molecule has 0 amide bonds. The average Bonchev–Trinajstić information content (AvgIpc) is 2.36. The number of carbonyl (C=O) groups is 1. The van der Waals surface area contributed by atoms with Crippen molar-refractivity contribution in [1.82, 2.24) is 0 Å². The van der Waals surface area contributed by atoms with Gasteiger partial charge in [0, 0.05) is 17.8 Å². The first-order chi connectivity index (χ1) is 9.04. The molecule has 1 fully saturated rings. The van der Waals surface area contributed by atoms with Gasteiger partial charge in [0.05, 0.1) is 0 Å². The van der Waals surface area contributed by atoms with E-state index >= 15 is 0 Å². The molecule has 19 heavy (non-hydrogen) atoms. The second kappa shape index (κ2) is 5.91. The monoisotopic (exact) mass is 259 g/mol. The Morgan fingerprint density at radius 1 is 1.26 bits per heavy atom. The summed E-state index contributed by atoms with van der Waals surface area (Å²) >= 11 is 0. The van der Waals surface area contributed by atoms with Crippen molar-refractivity contribution in [1.29, 1.82) is 0 Å². The van der Waals surface area contributed by atoms with Crippen LogP contribution < -0.4 is 5.32 Å². The third-order valence-electron chi connectivity index (χ3n) is 3.83. The molecule has 0 aliphatic heterocycles. The van der Waals surface area contributed by atoms with Crippen LogP contribution in [0.3, 0.4) is 0 Å². The van der Waals surface area contributed by atoms with E-state index in [1.165, 1.54) is 22.9 Å². The largest absolute Gasteiger partial charge is 0.478 e. The van der Waals surface area contributed by atoms with Crippen LogP contribution in [-0.4, -0.2) is 17.1 Å². The molecule has 1 aliphatic rings. The minimum absolute atomic E-state index is 0.452. The molecule has 0 atom stereocenters. The number of hydrogen-bond donors (Lipinski definition) is 2. The minimum atomic E-state index is -0.824. The van der Waals surface area contributed by atoms with Gasteiger partial charge in [0.2, 0.25) is 0 Å². The number of anilines is 1. The molecule has 0 spiro atoms. The fraction of sp³-hybridized carbons (Fsp3) is 0.438. The summed E-state index contributed by atoms with van der Waals surface area (Å²) in [4.78, 5) is 10.6. The average molecular weight is 259 g/mol. The van der Waals surface area contributed by atoms with Gasteiger partial charge in [0.15, 0.2) is 0 Å². The van der Waals surface area contributed by atoms with Gasteiger partial charge in [-0.25, -0.2) is 4.79 Å². The van der Waals surface area contributed by atoms with Crippen molar-refractivity contribution >= 4 is 11.7 Å². The highest BCUT2D eigenvalue weighted by molar-refractivity contribution is 5.80. The van der Waals surface area contributed by atoms with Crippen LogP contribution in [0.15, 0.2) is 29.8 Å². The second-order valence-corrected chi connectivity index (χ2v) is 5.36. The Hall–Kier alpha value is -1.77. The number of allylic oxidation sites excluding steroid dienone is 1. The van der Waals surface area contributed by atoms with E-state index in [4.69, 9.17) is 5.11 Å². The van der Waals surface area contributed by atoms with E-state index in [1.807, 2.05) is 0 Å². The summed E-state index contributed by atoms with van der Waals surface area (Å²) in [6, 6.07) is 6.88. The Bertz CT molecular complexity index is 495. The lowest BCUT2D eigenvalue weighted by Gasteiger charge is -2.26. The van der Waals surface area contributed by atoms with Gasteiger partial charge in [-0.05, 0) is 62.8 Å². The summed E-state index contributed by atoms with van der Waals surface area (Å²) in [7, 11) is 0. The highest BCUT2D eigenvalue weighted by Crippen LogP contribution is 2.26. The Morgan fingerprint density at radius 3 is 2.53 bits per heavy atom. The van der Waals surface area contributed by atoms with E-state index in [-0.39, 0.29) is 0 Å². The number of aliphatic carboxylic acids is 1. The molecule has 0 heterocycles. The van der Waals surface area contributed by atoms with Gasteiger partial charge in [-0.15, -0.1) is 0 Å². The van der Waals surface area contributed by atoms with Crippen LogP contribution in [0.25, 0.3) is 0 Å². The number of benzene rings is 1. The second-order valence-electron chi connectivity index (χ2n) is 5.36. The lowest BCUT2D eigenvalue weighted by atomic mass is 9.90. The van der Waals surface area contributed by atoms with E-state index in [9.17, 15) is 4.79 Å². The molecule has 3 heteroatoms. The summed E-state index contributed by atoms with van der Waals surface area (Å²) in [6.07, 6.45) is 5.15. The first kappa shape index (κ1) is 13.7. The van der Waals surface area contributed by atoms with E-state index in [0.29, 0.717) is 6.04 Å². The van der Waals surface area contributed by atoms with Gasteiger partial charge < -0.3 is 10.4 Å². The van der Waals surface area contributed by atoms with Crippen LogP contribution in [0.2, 0.25) is 0 Å². The summed E-state index contributed by atoms with van der Waals surface area (Å²) in [5, 5.41) is 12.3. The number of nitrogens with one attached hydrogen (secondary N) is 1. The molecule has 1 aromatic rings. The number of rotatable bonds is 3. The fourth-order valence-electron chi connectivity index (χ4n) is 2.52. The number of hydrogen-bond acceptors (Lipinski definition) is 2. The highest BCUT2D eigenvalue weighted by atomic mass is 16.4. The summed E-state index contributed by atoms with van der Waals surface area (Å²) in [5.41, 5.74) is 4.83. The predicted octanol–water partition coefficient (Wildman–Crippen LogP) is 3.67. The normalized spacial score (nSPS) is 19.1. The summed E-state index contributed by atoms with van der Waals surface area (Å²) < 4.78 is 0. The van der Waals surface area contributed by atoms with Gasteiger partial charge in [0.1, 0.15) is 0 Å². The molecule has 1 aliphatic carbocycles. The Kier molecular flexibility index (Phi) is 4.25. The lowest BCUT2D eigenvalue weighted by molar-refractivity contribution is -0.131. The van der Waals surface area contributed by atoms with Crippen LogP contribution in [-0.2, 0) is 4.79 Å². The third kappa shape index (κ3) is 3.85. The molecule has 2 rings (SSSR count). The van der Waals surface area contributed by atoms with Gasteiger partial charge in [-0.3, -0.25) is 0 Å². The molecule has 0 radical (unpaired) electrons. The zero-order valence-electron chi connectivity index (χ0n) is 11.6. The molecule has 0 bridgehead atoms. The van der Waals surface area contributed by atoms with Crippen molar-refractivity contribution in [2.24, 2.45) is 0 Å². The van der Waals surface area contributed by atoms with Crippen molar-refractivity contribution in [3.63, 3.8) is 0 Å². The summed E-state index contributed by atoms with van der Waals surface area (Å²) in [6.45, 7) is 4.23. The molecular weight excluding hydrogens is 238 g/mol. The van der Waals surface area contributed by atoms with Crippen LogP contribution in [0.1, 0.15) is 36.8 Å². The van der Waals surface area contributed by atoms with Crippen molar-refractivity contribution in [3.05, 3.63) is 41.0 Å². The zero-order chi connectivity index (χ0) is 13.8. The van der Waals surface area contributed by atoms with Crippen LogP contribution in [0.4, 0.5) is 5.69 Å². The molecule has 3 nitrogen and oxygen atoms in total. The smallest absolute Gasteiger partial charge is 0.328 e. The van der Waals surface area contributed by atoms with Crippen molar-refractivity contribution in [3.8, 4) is 0 Å². The fourth-order valence-corrected chi connectivity index (χ4v) is 2.52. The molecule has 0 unspecified atom stereocenters. The quantitative estimate of drug-likeness (QED) is 0.814. The maximum Gasteiger partial charge on any atom is 0.328 e. The maximum absolute atomic E-state index is 10.6. The van der Waals surface area contributed by atoms with E-state index in [1.54, 1.807) is 0 Å². The molecular formula is C16H21NO2. The van der Waals surface area contributed by atoms with Crippen molar-refractivity contribution < 1.29 is 9.90 Å². The lowest BCUT2D eigenvalue weighted by Crippen LogP contribution is -2.23. The highest BCUT2D eigenvalue weighted by Gasteiger charge is 2.17. The Morgan fingerprint density at radius 2 is 1.95 bits per heavy atom. The molecule has 2 N–H and O–H groups in total. The standard InChI is InChI=1S/C16H21NO2/c1-11-3-6-15(9-12(11)2)17-14-7-4-13(5-8-14)10-16(18)19/h3,6,9-10,14,17H,4-5,7-8H2,1-2H3,(H,18,19). The minimum Gasteiger partial charge on any atom is -0.478 e. The van der Waals surface area contributed by atoms with E-state index in [2.05, 4.69) is 37.4 Å². The van der Waals surface area contributed by atoms with Crippen LogP contribution in [0.5, 0.6) is 0 Å². The zero-order valence-corrected chi connectivity index (χ0v) is 11.6. The number of carboxylic acid groups (broad SMARTS) is 1. The molecule has 102 valence electrons. The first-order valence-electron chi connectivity index (χ1n) is 6.81. The van der Waals surface area contributed by atoms with Crippen molar-refractivity contribution in [2.75, 3.05) is 5.32 Å². The van der Waals surface area contributed by atoms with Gasteiger partial charge in [-0.2, -0.15) is 0 Å². The topological polar surface area (TPSA) is 49.3 Å². The van der Waals surface area contributed by atoms with Crippen LogP contribution >= 0.6 is 0 Å². The number of carboxylic acids is 1. The molecule has 0 aromatic heterocycles. The third-order valence-corrected chi connectivity index (χ3v) is 3.83. The van der Waals surface area contributed by atoms with Gasteiger partial charge >= 0.3 is 5.97 Å². The molecule has 0 saturated heterocycles. The first-order valence-corrected chi connectivity index (χ1v) is 6.81. The molecule has 1 saturated carbocycles. The Balaban J connectivity index is 1.92. The SMILES string of the molecule is Cc1ccc(NC2CCC(=CC(=O)O)CC2)cc1C.